The third-order valence-electron chi connectivity index (χ3n) is 3.90. The van der Waals surface area contributed by atoms with Gasteiger partial charge in [-0.3, -0.25) is 5.10 Å². The van der Waals surface area contributed by atoms with Gasteiger partial charge in [-0.2, -0.15) is 5.10 Å². The van der Waals surface area contributed by atoms with E-state index in [4.69, 9.17) is 9.47 Å². The molecule has 0 radical (unpaired) electrons. The number of allylic oxidation sites excluding steroid dienone is 1. The maximum atomic E-state index is 13.2. The lowest BCUT2D eigenvalue weighted by atomic mass is 10.1. The van der Waals surface area contributed by atoms with E-state index >= 15 is 0 Å². The smallest absolute Gasteiger partial charge is 0.231 e. The standard InChI is InChI=1S/C19H14F2N2O2/c20-15-6-4-12(8-16(15)21)2-1-3-14-10-17(23-22-14)13-5-7-18-19(9-13)25-11-24-18/h1,3-10H,2,11H2,(H,22,23). The highest BCUT2D eigenvalue weighted by molar-refractivity contribution is 5.66. The minimum absolute atomic E-state index is 0.233. The molecule has 2 aromatic carbocycles. The summed E-state index contributed by atoms with van der Waals surface area (Å²) in [5, 5.41) is 7.22. The predicted octanol–water partition coefficient (Wildman–Crippen LogP) is 4.34. The molecule has 3 aromatic rings. The van der Waals surface area contributed by atoms with Crippen molar-refractivity contribution >= 4 is 6.08 Å². The van der Waals surface area contributed by atoms with E-state index in [0.29, 0.717) is 17.7 Å². The van der Waals surface area contributed by atoms with Crippen molar-refractivity contribution in [3.05, 3.63) is 71.4 Å². The van der Waals surface area contributed by atoms with Gasteiger partial charge in [0, 0.05) is 5.56 Å². The molecule has 4 rings (SSSR count). The van der Waals surface area contributed by atoms with Crippen molar-refractivity contribution in [1.29, 1.82) is 0 Å². The summed E-state index contributed by atoms with van der Waals surface area (Å²) in [5.74, 6) is -0.242. The van der Waals surface area contributed by atoms with E-state index in [2.05, 4.69) is 10.2 Å². The Hall–Kier alpha value is -3.15. The lowest BCUT2D eigenvalue weighted by Crippen LogP contribution is -1.92. The summed E-state index contributed by atoms with van der Waals surface area (Å²) in [6, 6.07) is 11.4. The number of aromatic nitrogens is 2. The Labute approximate surface area is 142 Å². The zero-order valence-electron chi connectivity index (χ0n) is 13.1. The van der Waals surface area contributed by atoms with Gasteiger partial charge in [0.1, 0.15) is 0 Å². The van der Waals surface area contributed by atoms with Crippen LogP contribution in [0.2, 0.25) is 0 Å². The molecule has 2 heterocycles. The van der Waals surface area contributed by atoms with Crippen LogP contribution in [-0.4, -0.2) is 17.0 Å². The van der Waals surface area contributed by atoms with E-state index in [-0.39, 0.29) is 6.79 Å². The van der Waals surface area contributed by atoms with E-state index < -0.39 is 11.6 Å². The second-order valence-corrected chi connectivity index (χ2v) is 5.63. The second-order valence-electron chi connectivity index (χ2n) is 5.63. The Bertz CT molecular complexity index is 950. The molecule has 1 N–H and O–H groups in total. The fourth-order valence-corrected chi connectivity index (χ4v) is 2.61. The Kier molecular flexibility index (Phi) is 3.93. The molecule has 0 saturated heterocycles. The van der Waals surface area contributed by atoms with Crippen molar-refractivity contribution in [2.75, 3.05) is 6.79 Å². The van der Waals surface area contributed by atoms with Crippen LogP contribution in [0.25, 0.3) is 17.3 Å². The third kappa shape index (κ3) is 3.24. The lowest BCUT2D eigenvalue weighted by molar-refractivity contribution is 0.174. The van der Waals surface area contributed by atoms with Gasteiger partial charge in [-0.1, -0.05) is 12.1 Å². The van der Waals surface area contributed by atoms with Crippen LogP contribution in [0.4, 0.5) is 8.78 Å². The van der Waals surface area contributed by atoms with Gasteiger partial charge in [0.05, 0.1) is 11.4 Å². The van der Waals surface area contributed by atoms with Gasteiger partial charge >= 0.3 is 0 Å². The van der Waals surface area contributed by atoms with Crippen molar-refractivity contribution in [2.45, 2.75) is 6.42 Å². The van der Waals surface area contributed by atoms with Crippen molar-refractivity contribution in [3.63, 3.8) is 0 Å². The number of benzene rings is 2. The quantitative estimate of drug-likeness (QED) is 0.768. The SMILES string of the molecule is Fc1ccc(CC=Cc2cc(-c3ccc4c(c3)OCO4)n[nH]2)cc1F. The molecular weight excluding hydrogens is 326 g/mol. The second kappa shape index (κ2) is 6.39. The fraction of sp³-hybridized carbons (Fsp3) is 0.105. The first-order chi connectivity index (χ1) is 12.2. The van der Waals surface area contributed by atoms with Crippen LogP contribution in [0.5, 0.6) is 11.5 Å². The number of hydrogen-bond acceptors (Lipinski definition) is 3. The molecule has 126 valence electrons. The maximum absolute atomic E-state index is 13.2. The van der Waals surface area contributed by atoms with Crippen LogP contribution in [0.1, 0.15) is 11.3 Å². The molecule has 1 aliphatic rings. The summed E-state index contributed by atoms with van der Waals surface area (Å²) in [4.78, 5) is 0. The van der Waals surface area contributed by atoms with Gasteiger partial charge in [-0.15, -0.1) is 0 Å². The summed E-state index contributed by atoms with van der Waals surface area (Å²) >= 11 is 0. The molecule has 1 aliphatic heterocycles. The molecule has 1 aromatic heterocycles. The van der Waals surface area contributed by atoms with E-state index in [9.17, 15) is 8.78 Å². The lowest BCUT2D eigenvalue weighted by Gasteiger charge is -1.98. The van der Waals surface area contributed by atoms with Crippen molar-refractivity contribution in [1.82, 2.24) is 10.2 Å². The largest absolute Gasteiger partial charge is 0.454 e. The maximum Gasteiger partial charge on any atom is 0.231 e. The van der Waals surface area contributed by atoms with Crippen LogP contribution in [0.3, 0.4) is 0 Å². The predicted molar refractivity (Wildman–Crippen MR) is 89.2 cm³/mol. The van der Waals surface area contributed by atoms with Crippen LogP contribution in [0, 0.1) is 11.6 Å². The summed E-state index contributed by atoms with van der Waals surface area (Å²) in [6.45, 7) is 0.233. The van der Waals surface area contributed by atoms with Gasteiger partial charge in [0.2, 0.25) is 6.79 Å². The number of ether oxygens (including phenoxy) is 2. The zero-order valence-corrected chi connectivity index (χ0v) is 13.1. The van der Waals surface area contributed by atoms with Crippen LogP contribution in [0.15, 0.2) is 48.5 Å². The third-order valence-corrected chi connectivity index (χ3v) is 3.90. The summed E-state index contributed by atoms with van der Waals surface area (Å²) in [7, 11) is 0. The first-order valence-corrected chi connectivity index (χ1v) is 7.75. The summed E-state index contributed by atoms with van der Waals surface area (Å²) < 4.78 is 36.8. The number of hydrogen-bond donors (Lipinski definition) is 1. The number of halogens is 2. The topological polar surface area (TPSA) is 47.1 Å². The normalized spacial score (nSPS) is 12.9. The number of nitrogens with one attached hydrogen (secondary N) is 1. The van der Waals surface area contributed by atoms with Crippen molar-refractivity contribution in [3.8, 4) is 22.8 Å². The number of aromatic amines is 1. The number of fused-ring (bicyclic) bond motifs is 1. The van der Waals surface area contributed by atoms with Gasteiger partial charge in [0.15, 0.2) is 23.1 Å². The summed E-state index contributed by atoms with van der Waals surface area (Å²) in [6.07, 6.45) is 4.21. The average Bonchev–Trinajstić information content (AvgIpc) is 3.26. The monoisotopic (exact) mass is 340 g/mol. The van der Waals surface area contributed by atoms with Gasteiger partial charge in [-0.05, 0) is 54.5 Å². The number of rotatable bonds is 4. The van der Waals surface area contributed by atoms with E-state index in [1.807, 2.05) is 36.4 Å². The Balaban J connectivity index is 1.46. The molecule has 6 heteroatoms. The van der Waals surface area contributed by atoms with Gasteiger partial charge in [-0.25, -0.2) is 8.78 Å². The molecule has 0 atom stereocenters. The number of H-pyrrole nitrogens is 1. The highest BCUT2D eigenvalue weighted by Crippen LogP contribution is 2.35. The molecule has 0 spiro atoms. The molecule has 0 bridgehead atoms. The molecule has 25 heavy (non-hydrogen) atoms. The molecule has 0 fully saturated rings. The molecule has 0 aliphatic carbocycles. The molecule has 0 unspecified atom stereocenters. The fourth-order valence-electron chi connectivity index (χ4n) is 2.61. The Morgan fingerprint density at radius 2 is 1.88 bits per heavy atom. The molecular formula is C19H14F2N2O2. The minimum Gasteiger partial charge on any atom is -0.454 e. The van der Waals surface area contributed by atoms with Gasteiger partial charge in [0.25, 0.3) is 0 Å². The molecule has 0 saturated carbocycles. The first kappa shape index (κ1) is 15.4. The Morgan fingerprint density at radius 3 is 2.76 bits per heavy atom. The molecule has 4 nitrogen and oxygen atoms in total. The van der Waals surface area contributed by atoms with Crippen molar-refractivity contribution in [2.24, 2.45) is 0 Å². The minimum atomic E-state index is -0.838. The highest BCUT2D eigenvalue weighted by Gasteiger charge is 2.14. The van der Waals surface area contributed by atoms with E-state index in [1.165, 1.54) is 6.07 Å². The summed E-state index contributed by atoms with van der Waals surface area (Å²) in [5.41, 5.74) is 3.22. The van der Waals surface area contributed by atoms with Crippen LogP contribution < -0.4 is 9.47 Å². The van der Waals surface area contributed by atoms with Crippen LogP contribution in [-0.2, 0) is 6.42 Å². The van der Waals surface area contributed by atoms with Gasteiger partial charge < -0.3 is 9.47 Å². The highest BCUT2D eigenvalue weighted by atomic mass is 19.2. The Morgan fingerprint density at radius 1 is 1.00 bits per heavy atom. The van der Waals surface area contributed by atoms with Crippen molar-refractivity contribution < 1.29 is 18.3 Å². The number of nitrogens with zero attached hydrogens (tertiary/aromatic N) is 1. The van der Waals surface area contributed by atoms with Crippen LogP contribution >= 0.6 is 0 Å². The molecule has 0 amide bonds. The first-order valence-electron chi connectivity index (χ1n) is 7.75. The van der Waals surface area contributed by atoms with E-state index in [1.54, 1.807) is 6.07 Å². The van der Waals surface area contributed by atoms with E-state index in [0.717, 1.165) is 28.8 Å². The average molecular weight is 340 g/mol. The zero-order chi connectivity index (χ0) is 17.2.